The second kappa shape index (κ2) is 10.6. The van der Waals surface area contributed by atoms with Crippen LogP contribution in [0.1, 0.15) is 89.9 Å². The Kier molecular flexibility index (Phi) is 7.86. The Bertz CT molecular complexity index is 616. The normalized spacial score (nSPS) is 37.4. The number of nitrogens with zero attached hydrogens (tertiary/aromatic N) is 2. The highest BCUT2D eigenvalue weighted by Crippen LogP contribution is 2.46. The van der Waals surface area contributed by atoms with E-state index in [0.29, 0.717) is 43.2 Å². The molecule has 4 rings (SSSR count). The van der Waals surface area contributed by atoms with Crippen molar-refractivity contribution in [1.29, 1.82) is 0 Å². The van der Waals surface area contributed by atoms with Crippen molar-refractivity contribution in [2.45, 2.75) is 108 Å². The number of nitrogens with one attached hydrogen (secondary N) is 1. The molecule has 2 N–H and O–H groups in total. The first-order valence-corrected chi connectivity index (χ1v) is 12.9. The van der Waals surface area contributed by atoms with Gasteiger partial charge in [0.05, 0.1) is 12.7 Å². The highest BCUT2D eigenvalue weighted by Gasteiger charge is 2.47. The lowest BCUT2D eigenvalue weighted by molar-refractivity contribution is -0.523. The molecule has 176 valence electrons. The Hall–Kier alpha value is -1.21. The highest BCUT2D eigenvalue weighted by atomic mass is 16.6. The average molecular weight is 436 g/mol. The number of nitro groups is 1. The lowest BCUT2D eigenvalue weighted by Crippen LogP contribution is -2.55. The molecule has 2 heterocycles. The Morgan fingerprint density at radius 1 is 1.00 bits per heavy atom. The first-order valence-electron chi connectivity index (χ1n) is 12.9. The second-order valence-electron chi connectivity index (χ2n) is 10.8. The minimum absolute atomic E-state index is 0.128. The minimum Gasteiger partial charge on any atom is -0.481 e. The number of carbonyl (C=O) groups is 1. The zero-order chi connectivity index (χ0) is 21.8. The molecule has 4 fully saturated rings. The van der Waals surface area contributed by atoms with Crippen LogP contribution in [0.3, 0.4) is 0 Å². The van der Waals surface area contributed by atoms with E-state index in [9.17, 15) is 14.9 Å². The molecule has 0 aromatic carbocycles. The van der Waals surface area contributed by atoms with E-state index < -0.39 is 12.0 Å². The van der Waals surface area contributed by atoms with Crippen LogP contribution in [-0.4, -0.2) is 52.2 Å². The number of fused-ring (bicyclic) bond motifs is 1. The number of carboxylic acids is 1. The predicted octanol–water partition coefficient (Wildman–Crippen LogP) is 4.28. The fourth-order valence-electron chi connectivity index (χ4n) is 7.21. The van der Waals surface area contributed by atoms with Crippen molar-refractivity contribution in [2.75, 3.05) is 13.1 Å². The Morgan fingerprint density at radius 2 is 1.81 bits per heavy atom. The molecule has 0 amide bonds. The van der Waals surface area contributed by atoms with Crippen molar-refractivity contribution in [3.05, 3.63) is 10.1 Å². The second-order valence-corrected chi connectivity index (χ2v) is 10.8. The first kappa shape index (κ1) is 23.0. The van der Waals surface area contributed by atoms with E-state index in [1.54, 1.807) is 0 Å². The number of likely N-dealkylation sites (tertiary alicyclic amines) is 1. The molecule has 4 aliphatic rings. The number of piperidine rings is 1. The van der Waals surface area contributed by atoms with Crippen molar-refractivity contribution in [2.24, 2.45) is 23.7 Å². The van der Waals surface area contributed by atoms with Gasteiger partial charge in [0.2, 0.25) is 6.04 Å². The zero-order valence-corrected chi connectivity index (χ0v) is 18.9. The van der Waals surface area contributed by atoms with Crippen LogP contribution in [0.5, 0.6) is 0 Å². The van der Waals surface area contributed by atoms with Gasteiger partial charge < -0.3 is 5.11 Å². The smallest absolute Gasteiger partial charge is 0.303 e. The van der Waals surface area contributed by atoms with Crippen LogP contribution in [0.15, 0.2) is 0 Å². The average Bonchev–Trinajstić information content (AvgIpc) is 3.15. The van der Waals surface area contributed by atoms with Gasteiger partial charge in [-0.3, -0.25) is 25.1 Å². The van der Waals surface area contributed by atoms with Gasteiger partial charge in [-0.05, 0) is 62.2 Å². The van der Waals surface area contributed by atoms with Gasteiger partial charge in [0.25, 0.3) is 0 Å². The number of hydrogen-bond acceptors (Lipinski definition) is 5. The fourth-order valence-corrected chi connectivity index (χ4v) is 7.21. The summed E-state index contributed by atoms with van der Waals surface area (Å²) in [7, 11) is 0. The molecule has 2 aliphatic carbocycles. The van der Waals surface area contributed by atoms with Crippen LogP contribution in [0.2, 0.25) is 0 Å². The van der Waals surface area contributed by atoms with Gasteiger partial charge in [-0.25, -0.2) is 0 Å². The van der Waals surface area contributed by atoms with Crippen molar-refractivity contribution in [3.8, 4) is 0 Å². The molecular formula is C24H41N3O4. The van der Waals surface area contributed by atoms with Gasteiger partial charge in [0, 0.05) is 30.4 Å². The quantitative estimate of drug-likeness (QED) is 0.436. The fraction of sp³-hybridized carbons (Fsp3) is 0.958. The highest BCUT2D eigenvalue weighted by molar-refractivity contribution is 5.66. The molecule has 0 bridgehead atoms. The SMILES string of the molecule is O=C(O)CCC1CCC2C(C1)[C@H](CCC1CCCCC1)CN2C1CCC([N+](=O)[O-])CN1. The Morgan fingerprint density at radius 3 is 2.48 bits per heavy atom. The van der Waals surface area contributed by atoms with E-state index in [1.165, 1.54) is 51.4 Å². The molecule has 0 aromatic heterocycles. The number of carboxylic acid groups (broad SMARTS) is 1. The molecule has 0 radical (unpaired) electrons. The summed E-state index contributed by atoms with van der Waals surface area (Å²) in [6, 6.07) is 0.130. The van der Waals surface area contributed by atoms with Crippen molar-refractivity contribution in [1.82, 2.24) is 10.2 Å². The Labute approximate surface area is 186 Å². The van der Waals surface area contributed by atoms with Crippen LogP contribution in [0, 0.1) is 33.8 Å². The van der Waals surface area contributed by atoms with Gasteiger partial charge in [-0.2, -0.15) is 0 Å². The standard InChI is InChI=1S/C24H41N3O4/c28-24(29)13-8-18-7-11-22-21(14-18)19(9-6-17-4-2-1-3-5-17)16-26(22)23-12-10-20(15-25-23)27(30)31/h17-23,25H,1-16H2,(H,28,29)/t18?,19-,20?,21?,22?,23?/m1/s1. The maximum absolute atomic E-state index is 11.2. The van der Waals surface area contributed by atoms with E-state index in [2.05, 4.69) is 10.2 Å². The van der Waals surface area contributed by atoms with Gasteiger partial charge >= 0.3 is 5.97 Å². The maximum Gasteiger partial charge on any atom is 0.303 e. The molecule has 0 aromatic rings. The van der Waals surface area contributed by atoms with Crippen molar-refractivity contribution >= 4 is 5.97 Å². The number of aliphatic carboxylic acids is 1. The van der Waals surface area contributed by atoms with Gasteiger partial charge in [0.15, 0.2) is 0 Å². The molecular weight excluding hydrogens is 394 g/mol. The van der Waals surface area contributed by atoms with Crippen LogP contribution in [0.4, 0.5) is 0 Å². The monoisotopic (exact) mass is 435 g/mol. The summed E-state index contributed by atoms with van der Waals surface area (Å²) in [6.07, 6.45) is 16.1. The summed E-state index contributed by atoms with van der Waals surface area (Å²) in [5.41, 5.74) is 0. The molecule has 2 saturated heterocycles. The van der Waals surface area contributed by atoms with Gasteiger partial charge in [-0.15, -0.1) is 0 Å². The predicted molar refractivity (Wildman–Crippen MR) is 119 cm³/mol. The maximum atomic E-state index is 11.2. The molecule has 0 spiro atoms. The summed E-state index contributed by atoms with van der Waals surface area (Å²) in [5.74, 6) is 2.16. The lowest BCUT2D eigenvalue weighted by Gasteiger charge is -2.41. The molecule has 6 atom stereocenters. The third kappa shape index (κ3) is 5.78. The van der Waals surface area contributed by atoms with E-state index in [1.807, 2.05) is 0 Å². The third-order valence-electron chi connectivity index (χ3n) is 8.95. The van der Waals surface area contributed by atoms with Gasteiger partial charge in [-0.1, -0.05) is 38.5 Å². The lowest BCUT2D eigenvalue weighted by atomic mass is 9.71. The summed E-state index contributed by atoms with van der Waals surface area (Å²) in [6.45, 7) is 1.61. The Balaban J connectivity index is 1.38. The van der Waals surface area contributed by atoms with E-state index in [4.69, 9.17) is 5.11 Å². The molecule has 7 nitrogen and oxygen atoms in total. The number of rotatable bonds is 8. The number of hydrogen-bond donors (Lipinski definition) is 2. The largest absolute Gasteiger partial charge is 0.481 e. The summed E-state index contributed by atoms with van der Waals surface area (Å²) < 4.78 is 0. The van der Waals surface area contributed by atoms with Gasteiger partial charge in [0.1, 0.15) is 0 Å². The molecule has 31 heavy (non-hydrogen) atoms. The summed E-state index contributed by atoms with van der Waals surface area (Å²) in [5, 5.41) is 23.8. The third-order valence-corrected chi connectivity index (χ3v) is 8.95. The zero-order valence-electron chi connectivity index (χ0n) is 18.9. The summed E-state index contributed by atoms with van der Waals surface area (Å²) in [4.78, 5) is 24.8. The molecule has 2 aliphatic heterocycles. The van der Waals surface area contributed by atoms with Crippen molar-refractivity contribution in [3.63, 3.8) is 0 Å². The molecule has 5 unspecified atom stereocenters. The van der Waals surface area contributed by atoms with Crippen molar-refractivity contribution < 1.29 is 14.8 Å². The first-order chi connectivity index (χ1) is 15.0. The van der Waals surface area contributed by atoms with E-state index in [0.717, 1.165) is 38.1 Å². The van der Waals surface area contributed by atoms with Crippen LogP contribution in [-0.2, 0) is 4.79 Å². The molecule has 7 heteroatoms. The van der Waals surface area contributed by atoms with Crippen LogP contribution >= 0.6 is 0 Å². The van der Waals surface area contributed by atoms with E-state index >= 15 is 0 Å². The minimum atomic E-state index is -0.671. The topological polar surface area (TPSA) is 95.7 Å². The van der Waals surface area contributed by atoms with Crippen LogP contribution < -0.4 is 5.32 Å². The molecule has 2 saturated carbocycles. The summed E-state index contributed by atoms with van der Waals surface area (Å²) >= 11 is 0. The van der Waals surface area contributed by atoms with E-state index in [-0.39, 0.29) is 11.1 Å². The van der Waals surface area contributed by atoms with Crippen LogP contribution in [0.25, 0.3) is 0 Å².